The summed E-state index contributed by atoms with van der Waals surface area (Å²) >= 11 is 3.30. The molecule has 0 saturated heterocycles. The molecule has 0 aliphatic carbocycles. The number of carboxylic acid groups (broad SMARTS) is 1. The Morgan fingerprint density at radius 1 is 1.43 bits per heavy atom. The van der Waals surface area contributed by atoms with Crippen molar-refractivity contribution < 1.29 is 23.8 Å². The first-order valence-electron chi connectivity index (χ1n) is 6.04. The highest BCUT2D eigenvalue weighted by Crippen LogP contribution is 2.45. The predicted octanol–water partition coefficient (Wildman–Crippen LogP) is 2.46. The van der Waals surface area contributed by atoms with Gasteiger partial charge in [-0.1, -0.05) is 0 Å². The average Bonchev–Trinajstić information content (AvgIpc) is 2.81. The van der Waals surface area contributed by atoms with Crippen LogP contribution in [-0.4, -0.2) is 34.1 Å². The highest BCUT2D eigenvalue weighted by atomic mass is 79.9. The summed E-state index contributed by atoms with van der Waals surface area (Å²) in [6.07, 6.45) is 0. The Morgan fingerprint density at radius 2 is 2.14 bits per heavy atom. The molecule has 1 aliphatic heterocycles. The molecule has 0 atom stereocenters. The van der Waals surface area contributed by atoms with Gasteiger partial charge in [0.25, 0.3) is 0 Å². The lowest BCUT2D eigenvalue weighted by Gasteiger charge is -2.21. The molecule has 1 aromatic carbocycles. The van der Waals surface area contributed by atoms with Gasteiger partial charge in [0.15, 0.2) is 17.2 Å². The van der Waals surface area contributed by atoms with E-state index in [0.717, 1.165) is 0 Å². The van der Waals surface area contributed by atoms with Crippen molar-refractivity contribution in [1.29, 1.82) is 0 Å². The first-order chi connectivity index (χ1) is 9.99. The Kier molecular flexibility index (Phi) is 3.32. The van der Waals surface area contributed by atoms with Crippen LogP contribution in [0.25, 0.3) is 11.3 Å². The van der Waals surface area contributed by atoms with E-state index in [2.05, 4.69) is 21.0 Å². The van der Waals surface area contributed by atoms with E-state index >= 15 is 0 Å². The second-order valence-electron chi connectivity index (χ2n) is 4.42. The fourth-order valence-electron chi connectivity index (χ4n) is 2.16. The molecule has 1 aliphatic rings. The van der Waals surface area contributed by atoms with Gasteiger partial charge in [-0.25, -0.2) is 9.18 Å². The topological polar surface area (TPSA) is 73.6 Å². The van der Waals surface area contributed by atoms with Gasteiger partial charge in [-0.05, 0) is 22.0 Å². The number of aryl methyl sites for hydroxylation is 1. The maximum absolute atomic E-state index is 14.4. The normalized spacial score (nSPS) is 13.3. The number of nitrogens with zero attached hydrogens (tertiary/aromatic N) is 2. The predicted molar refractivity (Wildman–Crippen MR) is 74.3 cm³/mol. The number of hydrogen-bond donors (Lipinski definition) is 1. The largest absolute Gasteiger partial charge is 0.486 e. The molecule has 8 heteroatoms. The third-order valence-corrected chi connectivity index (χ3v) is 3.84. The Morgan fingerprint density at radius 3 is 2.81 bits per heavy atom. The van der Waals surface area contributed by atoms with Gasteiger partial charge < -0.3 is 14.6 Å². The molecular formula is C13H10BrFN2O4. The third-order valence-electron chi connectivity index (χ3n) is 3.08. The number of carboxylic acids is 1. The highest BCUT2D eigenvalue weighted by Gasteiger charge is 2.25. The van der Waals surface area contributed by atoms with Gasteiger partial charge in [0, 0.05) is 13.1 Å². The van der Waals surface area contributed by atoms with Crippen LogP contribution in [0.3, 0.4) is 0 Å². The van der Waals surface area contributed by atoms with Crippen LogP contribution in [0.15, 0.2) is 16.6 Å². The molecule has 1 N–H and O–H groups in total. The molecule has 0 fully saturated rings. The molecule has 1 aromatic heterocycles. The van der Waals surface area contributed by atoms with Crippen molar-refractivity contribution >= 4 is 21.9 Å². The van der Waals surface area contributed by atoms with E-state index < -0.39 is 11.8 Å². The van der Waals surface area contributed by atoms with Gasteiger partial charge in [0.1, 0.15) is 19.0 Å². The van der Waals surface area contributed by atoms with Crippen molar-refractivity contribution in [3.05, 3.63) is 28.1 Å². The van der Waals surface area contributed by atoms with Crippen LogP contribution in [0.1, 0.15) is 10.5 Å². The SMILES string of the molecule is Cn1nc(C(=O)O)cc1-c1c(F)cc2c(c1Br)OCCO2. The lowest BCUT2D eigenvalue weighted by molar-refractivity contribution is 0.0689. The smallest absolute Gasteiger partial charge is 0.356 e. The van der Waals surface area contributed by atoms with Crippen LogP contribution < -0.4 is 9.47 Å². The summed E-state index contributed by atoms with van der Waals surface area (Å²) in [5.41, 5.74) is 0.351. The summed E-state index contributed by atoms with van der Waals surface area (Å²) in [6, 6.07) is 2.53. The fourth-order valence-corrected chi connectivity index (χ4v) is 2.86. The van der Waals surface area contributed by atoms with Crippen molar-refractivity contribution in [1.82, 2.24) is 9.78 Å². The van der Waals surface area contributed by atoms with Gasteiger partial charge >= 0.3 is 5.97 Å². The molecule has 0 amide bonds. The van der Waals surface area contributed by atoms with E-state index in [1.165, 1.54) is 16.8 Å². The molecule has 0 bridgehead atoms. The summed E-state index contributed by atoms with van der Waals surface area (Å²) < 4.78 is 26.9. The Balaban J connectivity index is 2.21. The standard InChI is InChI=1S/C13H10BrFN2O4/c1-17-8(5-7(16-17)13(18)19)10-6(15)4-9-12(11(10)14)21-3-2-20-9/h4-5H,2-3H2,1H3,(H,18,19). The van der Waals surface area contributed by atoms with Crippen molar-refractivity contribution in [2.75, 3.05) is 13.2 Å². The van der Waals surface area contributed by atoms with Gasteiger partial charge in [0.2, 0.25) is 0 Å². The molecule has 0 radical (unpaired) electrons. The number of fused-ring (bicyclic) bond motifs is 1. The van der Waals surface area contributed by atoms with Crippen LogP contribution in [0.2, 0.25) is 0 Å². The van der Waals surface area contributed by atoms with Crippen LogP contribution >= 0.6 is 15.9 Å². The molecule has 110 valence electrons. The first kappa shape index (κ1) is 13.9. The minimum absolute atomic E-state index is 0.159. The molecule has 0 saturated carbocycles. The van der Waals surface area contributed by atoms with Crippen LogP contribution in [-0.2, 0) is 7.05 Å². The number of aromatic nitrogens is 2. The zero-order chi connectivity index (χ0) is 15.1. The summed E-state index contributed by atoms with van der Waals surface area (Å²) in [5.74, 6) is -1.01. The van der Waals surface area contributed by atoms with E-state index in [4.69, 9.17) is 14.6 Å². The van der Waals surface area contributed by atoms with Crippen LogP contribution in [0, 0.1) is 5.82 Å². The van der Waals surface area contributed by atoms with Crippen molar-refractivity contribution in [3.8, 4) is 22.8 Å². The summed E-state index contributed by atoms with van der Waals surface area (Å²) in [6.45, 7) is 0.718. The van der Waals surface area contributed by atoms with E-state index in [-0.39, 0.29) is 11.3 Å². The number of rotatable bonds is 2. The van der Waals surface area contributed by atoms with Crippen LogP contribution in [0.5, 0.6) is 11.5 Å². The third kappa shape index (κ3) is 2.25. The number of hydrogen-bond acceptors (Lipinski definition) is 4. The maximum Gasteiger partial charge on any atom is 0.356 e. The number of halogens is 2. The second kappa shape index (κ2) is 5.03. The van der Waals surface area contributed by atoms with Gasteiger partial charge in [-0.3, -0.25) is 4.68 Å². The monoisotopic (exact) mass is 356 g/mol. The van der Waals surface area contributed by atoms with Crippen molar-refractivity contribution in [2.45, 2.75) is 0 Å². The fraction of sp³-hybridized carbons (Fsp3) is 0.231. The number of aromatic carboxylic acids is 1. The summed E-state index contributed by atoms with van der Waals surface area (Å²) in [7, 11) is 1.55. The first-order valence-corrected chi connectivity index (χ1v) is 6.83. The van der Waals surface area contributed by atoms with Crippen LogP contribution in [0.4, 0.5) is 4.39 Å². The minimum Gasteiger partial charge on any atom is -0.486 e. The number of ether oxygens (including phenoxy) is 2. The highest BCUT2D eigenvalue weighted by molar-refractivity contribution is 9.10. The Hall–Kier alpha value is -2.09. The quantitative estimate of drug-likeness (QED) is 0.894. The molecule has 2 aromatic rings. The van der Waals surface area contributed by atoms with E-state index in [0.29, 0.717) is 34.9 Å². The molecular weight excluding hydrogens is 347 g/mol. The van der Waals surface area contributed by atoms with Gasteiger partial charge in [0.05, 0.1) is 15.7 Å². The van der Waals surface area contributed by atoms with E-state index in [1.54, 1.807) is 7.05 Å². The number of carbonyl (C=O) groups is 1. The number of benzene rings is 1. The average molecular weight is 357 g/mol. The van der Waals surface area contributed by atoms with Gasteiger partial charge in [-0.2, -0.15) is 5.10 Å². The van der Waals surface area contributed by atoms with Crippen molar-refractivity contribution in [2.24, 2.45) is 7.05 Å². The summed E-state index contributed by atoms with van der Waals surface area (Å²) in [5, 5.41) is 12.8. The minimum atomic E-state index is -1.18. The zero-order valence-electron chi connectivity index (χ0n) is 10.9. The summed E-state index contributed by atoms with van der Waals surface area (Å²) in [4.78, 5) is 11.0. The van der Waals surface area contributed by atoms with E-state index in [1.807, 2.05) is 0 Å². The Bertz CT molecular complexity index is 744. The lowest BCUT2D eigenvalue weighted by Crippen LogP contribution is -2.16. The maximum atomic E-state index is 14.4. The zero-order valence-corrected chi connectivity index (χ0v) is 12.5. The molecule has 0 spiro atoms. The molecule has 3 rings (SSSR count). The molecule has 6 nitrogen and oxygen atoms in total. The van der Waals surface area contributed by atoms with Gasteiger partial charge in [-0.15, -0.1) is 0 Å². The molecule has 2 heterocycles. The second-order valence-corrected chi connectivity index (χ2v) is 5.21. The molecule has 0 unspecified atom stereocenters. The van der Waals surface area contributed by atoms with E-state index in [9.17, 15) is 9.18 Å². The molecule has 21 heavy (non-hydrogen) atoms. The lowest BCUT2D eigenvalue weighted by atomic mass is 10.1. The van der Waals surface area contributed by atoms with Crippen molar-refractivity contribution in [3.63, 3.8) is 0 Å². The Labute approximate surface area is 127 Å².